The molecule has 2 bridgehead atoms. The molecule has 0 spiro atoms. The summed E-state index contributed by atoms with van der Waals surface area (Å²) in [6, 6.07) is 8.12. The minimum absolute atomic E-state index is 0.287. The second kappa shape index (κ2) is 9.85. The van der Waals surface area contributed by atoms with Gasteiger partial charge in [-0.25, -0.2) is 0 Å². The second-order valence-electron chi connectivity index (χ2n) is 10.4. The lowest BCUT2D eigenvalue weighted by Crippen LogP contribution is -3.18. The Kier molecular flexibility index (Phi) is 6.65. The summed E-state index contributed by atoms with van der Waals surface area (Å²) in [7, 11) is 1.36. The van der Waals surface area contributed by atoms with Crippen LogP contribution in [0.15, 0.2) is 36.9 Å². The van der Waals surface area contributed by atoms with Crippen molar-refractivity contribution in [3.63, 3.8) is 0 Å². The first-order valence-corrected chi connectivity index (χ1v) is 12.9. The van der Waals surface area contributed by atoms with Crippen molar-refractivity contribution in [3.8, 4) is 0 Å². The average Bonchev–Trinajstić information content (AvgIpc) is 3.32. The Morgan fingerprint density at radius 3 is 2.71 bits per heavy atom. The molecule has 0 radical (unpaired) electrons. The van der Waals surface area contributed by atoms with Gasteiger partial charge in [0.15, 0.2) is 12.6 Å². The monoisotopic (exact) mass is 529 g/mol. The fourth-order valence-electron chi connectivity index (χ4n) is 6.57. The summed E-state index contributed by atoms with van der Waals surface area (Å²) in [5.41, 5.74) is 2.14. The van der Waals surface area contributed by atoms with Gasteiger partial charge in [-0.3, -0.25) is 14.4 Å². The third-order valence-corrected chi connectivity index (χ3v) is 8.48. The van der Waals surface area contributed by atoms with Crippen LogP contribution in [0, 0.1) is 17.8 Å². The molecule has 3 fully saturated rings. The minimum atomic E-state index is -1.58. The van der Waals surface area contributed by atoms with Gasteiger partial charge >= 0.3 is 5.97 Å². The topological polar surface area (TPSA) is 155 Å². The number of carbonyl (C=O) groups is 1. The molecule has 4 aliphatic heterocycles. The average molecular weight is 530 g/mol. The molecule has 6 rings (SSSR count). The maximum Gasteiger partial charge on any atom is 0.317 e. The van der Waals surface area contributed by atoms with Crippen LogP contribution in [0.3, 0.4) is 0 Å². The zero-order valence-corrected chi connectivity index (χ0v) is 20.9. The van der Waals surface area contributed by atoms with Crippen molar-refractivity contribution < 1.29 is 49.1 Å². The standard InChI is InChI=1S/C27H32N2O9/c1-3-12-15-10-17-20-14(13-6-4-5-7-16(13)28-20)8-9-29(17)24(19(15)25(34)35-2)37-26(12)38-27-23(33)22(32)21(31)18(11-30)36-27/h3-8,12,15,18-19,21-24,26-28,30-33H,1,9-11H2,2H3/p+1/t12-,15+,18+,19+,21+,22-,23+,24-,26+,27+/m1/s1. The first-order valence-electron chi connectivity index (χ1n) is 12.9. The summed E-state index contributed by atoms with van der Waals surface area (Å²) in [6.45, 7) is 3.99. The van der Waals surface area contributed by atoms with Crippen molar-refractivity contribution in [2.24, 2.45) is 17.8 Å². The molecule has 1 aromatic heterocycles. The van der Waals surface area contributed by atoms with E-state index >= 15 is 0 Å². The van der Waals surface area contributed by atoms with E-state index in [1.807, 2.05) is 18.2 Å². The highest BCUT2D eigenvalue weighted by Gasteiger charge is 2.59. The molecule has 2 aromatic rings. The number of ether oxygens (including phenoxy) is 4. The van der Waals surface area contributed by atoms with Crippen LogP contribution in [0.4, 0.5) is 0 Å². The summed E-state index contributed by atoms with van der Waals surface area (Å²) < 4.78 is 23.3. The number of carbonyl (C=O) groups excluding carboxylic acids is 1. The van der Waals surface area contributed by atoms with Gasteiger partial charge in [0, 0.05) is 34.4 Å². The predicted octanol–water partition coefficient (Wildman–Crippen LogP) is -2.93. The number of benzene rings is 1. The lowest BCUT2D eigenvalue weighted by molar-refractivity contribution is -0.892. The summed E-state index contributed by atoms with van der Waals surface area (Å²) in [5, 5.41) is 43.8. The first kappa shape index (κ1) is 25.7. The van der Waals surface area contributed by atoms with Crippen LogP contribution in [0.2, 0.25) is 0 Å². The lowest BCUT2D eigenvalue weighted by atomic mass is 9.71. The number of piperidine rings is 1. The highest BCUT2D eigenvalue weighted by Crippen LogP contribution is 2.43. The number of aliphatic hydroxyl groups is 4. The van der Waals surface area contributed by atoms with Crippen LogP contribution in [0.5, 0.6) is 0 Å². The first-order chi connectivity index (χ1) is 18.4. The molecule has 11 atom stereocenters. The molecular weight excluding hydrogens is 496 g/mol. The molecule has 4 aliphatic rings. The van der Waals surface area contributed by atoms with E-state index in [0.29, 0.717) is 13.0 Å². The fraction of sp³-hybridized carbons (Fsp3) is 0.519. The van der Waals surface area contributed by atoms with E-state index in [4.69, 9.17) is 18.9 Å². The number of H-pyrrole nitrogens is 1. The van der Waals surface area contributed by atoms with Crippen molar-refractivity contribution in [2.45, 2.75) is 49.6 Å². The van der Waals surface area contributed by atoms with Crippen molar-refractivity contribution in [1.29, 1.82) is 0 Å². The van der Waals surface area contributed by atoms with Crippen molar-refractivity contribution in [2.75, 3.05) is 20.3 Å². The molecule has 5 heterocycles. The van der Waals surface area contributed by atoms with E-state index < -0.39 is 61.7 Å². The molecule has 0 aliphatic carbocycles. The Labute approximate surface area is 218 Å². The summed E-state index contributed by atoms with van der Waals surface area (Å²) in [4.78, 5) is 17.6. The highest BCUT2D eigenvalue weighted by molar-refractivity contribution is 5.82. The van der Waals surface area contributed by atoms with Crippen LogP contribution in [0.25, 0.3) is 22.7 Å². The maximum atomic E-state index is 13.0. The van der Waals surface area contributed by atoms with E-state index in [0.717, 1.165) is 32.1 Å². The minimum Gasteiger partial charge on any atom is -0.469 e. The number of fused-ring (bicyclic) bond motifs is 7. The van der Waals surface area contributed by atoms with E-state index in [1.54, 1.807) is 6.08 Å². The van der Waals surface area contributed by atoms with Gasteiger partial charge in [-0.2, -0.15) is 0 Å². The Bertz CT molecular complexity index is 1360. The number of para-hydroxylation sites is 1. The molecule has 6 N–H and O–H groups in total. The number of hydrogen-bond acceptors (Lipinski definition) is 9. The Hall–Kier alpha value is -2.61. The number of aliphatic hydroxyl groups excluding tert-OH is 4. The van der Waals surface area contributed by atoms with Crippen molar-refractivity contribution in [3.05, 3.63) is 47.5 Å². The Morgan fingerprint density at radius 2 is 1.97 bits per heavy atom. The molecule has 3 saturated heterocycles. The molecule has 11 heteroatoms. The SMILES string of the molecule is C=C[C@H]1[C@H](O[C@@H]2O[C@@H](CO)[C@H](O)[C@@H](O)[C@@H]2O)O[C@@H]2[C@@H](C(=O)OC)[C@H]1CC1=c3[nH]c4ccccc4c3=CC[NH+]12. The molecule has 38 heavy (non-hydrogen) atoms. The van der Waals surface area contributed by atoms with Crippen LogP contribution in [0.1, 0.15) is 6.42 Å². The zero-order chi connectivity index (χ0) is 26.7. The third kappa shape index (κ3) is 3.85. The summed E-state index contributed by atoms with van der Waals surface area (Å²) in [5.74, 6) is -1.75. The van der Waals surface area contributed by atoms with E-state index in [1.165, 1.54) is 7.11 Å². The van der Waals surface area contributed by atoms with Gasteiger partial charge < -0.3 is 39.6 Å². The smallest absolute Gasteiger partial charge is 0.317 e. The molecule has 204 valence electrons. The number of hydrogen-bond donors (Lipinski definition) is 6. The number of aromatic nitrogens is 1. The van der Waals surface area contributed by atoms with E-state index in [-0.39, 0.29) is 11.9 Å². The van der Waals surface area contributed by atoms with Gasteiger partial charge in [-0.1, -0.05) is 24.3 Å². The normalized spacial score (nSPS) is 40.1. The maximum absolute atomic E-state index is 13.0. The van der Waals surface area contributed by atoms with Gasteiger partial charge in [0.05, 0.1) is 13.7 Å². The Morgan fingerprint density at radius 1 is 1.18 bits per heavy atom. The number of quaternary nitrogens is 1. The van der Waals surface area contributed by atoms with Crippen molar-refractivity contribution >= 4 is 28.6 Å². The molecule has 0 amide bonds. The Balaban J connectivity index is 1.38. The fourth-order valence-corrected chi connectivity index (χ4v) is 6.57. The number of esters is 1. The lowest BCUT2D eigenvalue weighted by Gasteiger charge is -2.51. The predicted molar refractivity (Wildman–Crippen MR) is 132 cm³/mol. The van der Waals surface area contributed by atoms with E-state index in [9.17, 15) is 25.2 Å². The largest absolute Gasteiger partial charge is 0.469 e. The van der Waals surface area contributed by atoms with Crippen LogP contribution in [-0.4, -0.2) is 94.9 Å². The van der Waals surface area contributed by atoms with E-state index in [2.05, 4.69) is 23.7 Å². The molecule has 11 nitrogen and oxygen atoms in total. The van der Waals surface area contributed by atoms with Gasteiger partial charge in [-0.05, 0) is 12.1 Å². The van der Waals surface area contributed by atoms with Crippen molar-refractivity contribution in [1.82, 2.24) is 4.98 Å². The third-order valence-electron chi connectivity index (χ3n) is 8.48. The molecular formula is C27H33N2O9+. The van der Waals surface area contributed by atoms with Gasteiger partial charge in [0.2, 0.25) is 6.23 Å². The van der Waals surface area contributed by atoms with Crippen LogP contribution < -0.4 is 15.5 Å². The number of aromatic amines is 1. The molecule has 0 saturated carbocycles. The quantitative estimate of drug-likeness (QED) is 0.176. The molecule has 1 unspecified atom stereocenters. The van der Waals surface area contributed by atoms with Gasteiger partial charge in [0.25, 0.3) is 0 Å². The summed E-state index contributed by atoms with van der Waals surface area (Å²) >= 11 is 0. The van der Waals surface area contributed by atoms with Gasteiger partial charge in [-0.15, -0.1) is 6.58 Å². The molecule has 1 aromatic carbocycles. The number of methoxy groups -OCH3 is 1. The highest BCUT2D eigenvalue weighted by atomic mass is 16.8. The second-order valence-corrected chi connectivity index (χ2v) is 10.4. The zero-order valence-electron chi connectivity index (χ0n) is 20.9. The van der Waals surface area contributed by atoms with Gasteiger partial charge in [0.1, 0.15) is 47.9 Å². The van der Waals surface area contributed by atoms with Crippen LogP contribution in [-0.2, 0) is 23.7 Å². The number of nitrogens with one attached hydrogen (secondary N) is 2. The number of rotatable bonds is 5. The summed E-state index contributed by atoms with van der Waals surface area (Å²) in [6.07, 6.45) is -4.43. The van der Waals surface area contributed by atoms with Crippen LogP contribution >= 0.6 is 0 Å².